The maximum absolute atomic E-state index is 12.4. The molecular formula is C18H24ClN3O3. The number of nitrogens with zero attached hydrogens (tertiary/aromatic N) is 3. The van der Waals surface area contributed by atoms with Gasteiger partial charge in [-0.2, -0.15) is 0 Å². The number of carbonyl (C=O) groups excluding carboxylic acids is 1. The van der Waals surface area contributed by atoms with Crippen LogP contribution in [0, 0.1) is 5.92 Å². The van der Waals surface area contributed by atoms with Gasteiger partial charge in [0.2, 0.25) is 6.79 Å². The number of urea groups is 1. The Morgan fingerprint density at radius 2 is 1.96 bits per heavy atom. The van der Waals surface area contributed by atoms with Gasteiger partial charge in [-0.25, -0.2) is 4.79 Å². The van der Waals surface area contributed by atoms with E-state index in [1.807, 2.05) is 31.1 Å². The van der Waals surface area contributed by atoms with E-state index in [0.717, 1.165) is 43.9 Å². The summed E-state index contributed by atoms with van der Waals surface area (Å²) in [5.74, 6) is 2.01. The summed E-state index contributed by atoms with van der Waals surface area (Å²) in [6.07, 6.45) is 2.32. The molecule has 0 radical (unpaired) electrons. The van der Waals surface area contributed by atoms with E-state index < -0.39 is 0 Å². The average molecular weight is 366 g/mol. The van der Waals surface area contributed by atoms with Gasteiger partial charge in [0, 0.05) is 57.4 Å². The van der Waals surface area contributed by atoms with Gasteiger partial charge in [-0.3, -0.25) is 4.90 Å². The van der Waals surface area contributed by atoms with Gasteiger partial charge in [-0.15, -0.1) is 0 Å². The van der Waals surface area contributed by atoms with Crippen molar-refractivity contribution in [3.8, 4) is 11.5 Å². The number of hydrogen-bond acceptors (Lipinski definition) is 4. The highest BCUT2D eigenvalue weighted by Gasteiger charge is 2.37. The molecule has 7 heteroatoms. The van der Waals surface area contributed by atoms with Crippen LogP contribution in [0.4, 0.5) is 4.79 Å². The normalized spacial score (nSPS) is 25.2. The summed E-state index contributed by atoms with van der Waals surface area (Å²) >= 11 is 6.46. The topological polar surface area (TPSA) is 45.3 Å². The molecule has 6 nitrogen and oxygen atoms in total. The highest BCUT2D eigenvalue weighted by molar-refractivity contribution is 6.31. The average Bonchev–Trinajstić information content (AvgIpc) is 2.84. The van der Waals surface area contributed by atoms with E-state index in [0.29, 0.717) is 22.7 Å². The van der Waals surface area contributed by atoms with Crippen molar-refractivity contribution in [3.05, 3.63) is 22.7 Å². The van der Waals surface area contributed by atoms with E-state index in [2.05, 4.69) is 4.90 Å². The van der Waals surface area contributed by atoms with Gasteiger partial charge in [0.15, 0.2) is 11.5 Å². The SMILES string of the molecule is CN(C)C(=O)N1C[C@H]2CC[C@@H](C1)N(Cc1cc3c(cc1Cl)OCO3)C2. The van der Waals surface area contributed by atoms with E-state index >= 15 is 0 Å². The van der Waals surface area contributed by atoms with E-state index in [1.165, 1.54) is 6.42 Å². The molecule has 0 spiro atoms. The first-order chi connectivity index (χ1) is 12.0. The number of fused-ring (bicyclic) bond motifs is 5. The van der Waals surface area contributed by atoms with Crippen LogP contribution in [0.2, 0.25) is 5.02 Å². The third-order valence-corrected chi connectivity index (χ3v) is 5.75. The molecule has 0 N–H and O–H groups in total. The van der Waals surface area contributed by atoms with Crippen molar-refractivity contribution >= 4 is 17.6 Å². The zero-order valence-electron chi connectivity index (χ0n) is 14.7. The van der Waals surface area contributed by atoms with Crippen molar-refractivity contribution in [1.82, 2.24) is 14.7 Å². The molecule has 136 valence electrons. The minimum atomic E-state index is 0.111. The predicted molar refractivity (Wildman–Crippen MR) is 95.2 cm³/mol. The van der Waals surface area contributed by atoms with Crippen LogP contribution in [-0.4, -0.2) is 67.3 Å². The molecule has 1 aromatic carbocycles. The number of carbonyl (C=O) groups is 1. The van der Waals surface area contributed by atoms with Crippen LogP contribution in [0.25, 0.3) is 0 Å². The Labute approximate surface area is 153 Å². The Morgan fingerprint density at radius 1 is 1.20 bits per heavy atom. The first-order valence-corrected chi connectivity index (χ1v) is 9.17. The molecule has 25 heavy (non-hydrogen) atoms. The lowest BCUT2D eigenvalue weighted by Gasteiger charge is -2.36. The molecule has 5 rings (SSSR count). The Hall–Kier alpha value is -1.66. The number of benzene rings is 1. The fourth-order valence-electron chi connectivity index (χ4n) is 4.11. The third-order valence-electron chi connectivity index (χ3n) is 5.40. The van der Waals surface area contributed by atoms with E-state index in [9.17, 15) is 4.79 Å². The number of hydrogen-bond donors (Lipinski definition) is 0. The minimum absolute atomic E-state index is 0.111. The first-order valence-electron chi connectivity index (χ1n) is 8.79. The fourth-order valence-corrected chi connectivity index (χ4v) is 4.32. The molecule has 3 fully saturated rings. The van der Waals surface area contributed by atoms with Crippen LogP contribution >= 0.6 is 11.6 Å². The highest BCUT2D eigenvalue weighted by Crippen LogP contribution is 2.38. The molecule has 4 heterocycles. The molecular weight excluding hydrogens is 342 g/mol. The van der Waals surface area contributed by atoms with Crippen molar-refractivity contribution < 1.29 is 14.3 Å². The monoisotopic (exact) mass is 365 g/mol. The second-order valence-corrected chi connectivity index (χ2v) is 7.81. The Morgan fingerprint density at radius 3 is 2.72 bits per heavy atom. The van der Waals surface area contributed by atoms with Gasteiger partial charge >= 0.3 is 6.03 Å². The fraction of sp³-hybridized carbons (Fsp3) is 0.611. The lowest BCUT2D eigenvalue weighted by molar-refractivity contribution is 0.123. The summed E-state index contributed by atoms with van der Waals surface area (Å²) in [5.41, 5.74) is 1.06. The van der Waals surface area contributed by atoms with E-state index in [4.69, 9.17) is 21.1 Å². The number of halogens is 1. The zero-order chi connectivity index (χ0) is 17.6. The van der Waals surface area contributed by atoms with Crippen LogP contribution in [0.15, 0.2) is 12.1 Å². The highest BCUT2D eigenvalue weighted by atomic mass is 35.5. The van der Waals surface area contributed by atoms with Crippen LogP contribution in [0.3, 0.4) is 0 Å². The molecule has 2 amide bonds. The van der Waals surface area contributed by atoms with E-state index in [1.54, 1.807) is 4.90 Å². The first kappa shape index (κ1) is 16.8. The molecule has 2 bridgehead atoms. The van der Waals surface area contributed by atoms with Gasteiger partial charge in [0.25, 0.3) is 0 Å². The van der Waals surface area contributed by atoms with Crippen molar-refractivity contribution in [3.63, 3.8) is 0 Å². The van der Waals surface area contributed by atoms with Crippen LogP contribution < -0.4 is 9.47 Å². The lowest BCUT2D eigenvalue weighted by atomic mass is 9.94. The van der Waals surface area contributed by atoms with Crippen molar-refractivity contribution in [2.24, 2.45) is 5.92 Å². The lowest BCUT2D eigenvalue weighted by Crippen LogP contribution is -2.45. The summed E-state index contributed by atoms with van der Waals surface area (Å²) < 4.78 is 10.9. The summed E-state index contributed by atoms with van der Waals surface area (Å²) in [6.45, 7) is 3.67. The molecule has 4 aliphatic rings. The number of piperidine rings is 1. The van der Waals surface area contributed by atoms with Gasteiger partial charge in [-0.05, 0) is 30.4 Å². The maximum atomic E-state index is 12.4. The molecule has 1 aromatic rings. The summed E-state index contributed by atoms with van der Waals surface area (Å²) in [5, 5.41) is 0.714. The smallest absolute Gasteiger partial charge is 0.319 e. The summed E-state index contributed by atoms with van der Waals surface area (Å²) in [7, 11) is 3.64. The van der Waals surface area contributed by atoms with Gasteiger partial charge in [0.1, 0.15) is 0 Å². The van der Waals surface area contributed by atoms with Gasteiger partial charge in [0.05, 0.1) is 0 Å². The van der Waals surface area contributed by atoms with Crippen molar-refractivity contribution in [2.75, 3.05) is 40.5 Å². The second-order valence-electron chi connectivity index (χ2n) is 7.41. The standard InChI is InChI=1S/C18H24ClN3O3/c1-20(2)18(23)22-8-12-3-4-14(10-22)21(7-12)9-13-5-16-17(6-15(13)19)25-11-24-16/h5-6,12,14H,3-4,7-11H2,1-2H3/t12-,14-/m0/s1. The molecule has 4 aliphatic heterocycles. The second kappa shape index (κ2) is 6.57. The number of amides is 2. The third kappa shape index (κ3) is 3.25. The quantitative estimate of drug-likeness (QED) is 0.808. The summed E-state index contributed by atoms with van der Waals surface area (Å²) in [6, 6.07) is 4.33. The van der Waals surface area contributed by atoms with Crippen LogP contribution in [-0.2, 0) is 6.54 Å². The number of ether oxygens (including phenoxy) is 2. The Bertz CT molecular complexity index is 682. The van der Waals surface area contributed by atoms with Crippen molar-refractivity contribution in [2.45, 2.75) is 25.4 Å². The van der Waals surface area contributed by atoms with Gasteiger partial charge in [-0.1, -0.05) is 11.6 Å². The largest absolute Gasteiger partial charge is 0.454 e. The Kier molecular flexibility index (Phi) is 4.41. The van der Waals surface area contributed by atoms with Crippen LogP contribution in [0.5, 0.6) is 11.5 Å². The molecule has 0 aromatic heterocycles. The molecule has 0 aliphatic carbocycles. The number of rotatable bonds is 2. The minimum Gasteiger partial charge on any atom is -0.454 e. The molecule has 3 saturated heterocycles. The predicted octanol–water partition coefficient (Wildman–Crippen LogP) is 2.65. The Balaban J connectivity index is 1.52. The summed E-state index contributed by atoms with van der Waals surface area (Å²) in [4.78, 5) is 18.5. The molecule has 0 saturated carbocycles. The zero-order valence-corrected chi connectivity index (χ0v) is 15.5. The van der Waals surface area contributed by atoms with Crippen LogP contribution in [0.1, 0.15) is 18.4 Å². The van der Waals surface area contributed by atoms with Gasteiger partial charge < -0.3 is 19.3 Å². The maximum Gasteiger partial charge on any atom is 0.319 e. The molecule has 2 atom stereocenters. The molecule has 0 unspecified atom stereocenters. The van der Waals surface area contributed by atoms with E-state index in [-0.39, 0.29) is 12.8 Å². The van der Waals surface area contributed by atoms with Crippen molar-refractivity contribution in [1.29, 1.82) is 0 Å².